The van der Waals surface area contributed by atoms with E-state index in [4.69, 9.17) is 9.84 Å². The van der Waals surface area contributed by atoms with Gasteiger partial charge in [-0.2, -0.15) is 0 Å². The lowest BCUT2D eigenvalue weighted by atomic mass is 10.3. The average molecular weight is 116 g/mol. The minimum absolute atomic E-state index is 0.0973. The van der Waals surface area contributed by atoms with E-state index in [-0.39, 0.29) is 6.10 Å². The van der Waals surface area contributed by atoms with Gasteiger partial charge in [0.05, 0.1) is 12.2 Å². The van der Waals surface area contributed by atoms with Gasteiger partial charge in [-0.15, -0.1) is 0 Å². The summed E-state index contributed by atoms with van der Waals surface area (Å²) in [5.74, 6) is 0. The Labute approximate surface area is 49.5 Å². The van der Waals surface area contributed by atoms with Gasteiger partial charge in [-0.05, 0) is 19.3 Å². The lowest BCUT2D eigenvalue weighted by molar-refractivity contribution is 0.0898. The third kappa shape index (κ3) is 1.20. The standard InChI is InChI=1S/C6H12O2/c1-8-6-3-2-5(7)4-6/h5-7H,2-4H2,1H3/t5-,6-/m0/s1. The van der Waals surface area contributed by atoms with Crippen molar-refractivity contribution >= 4 is 0 Å². The zero-order valence-corrected chi connectivity index (χ0v) is 5.13. The summed E-state index contributed by atoms with van der Waals surface area (Å²) in [5, 5.41) is 8.95. The molecule has 1 aliphatic rings. The fourth-order valence-electron chi connectivity index (χ4n) is 1.13. The van der Waals surface area contributed by atoms with Gasteiger partial charge in [-0.25, -0.2) is 0 Å². The molecule has 0 bridgehead atoms. The minimum atomic E-state index is -0.0973. The van der Waals surface area contributed by atoms with E-state index in [1.165, 1.54) is 0 Å². The predicted molar refractivity (Wildman–Crippen MR) is 30.7 cm³/mol. The summed E-state index contributed by atoms with van der Waals surface area (Å²) < 4.78 is 5.02. The molecule has 0 spiro atoms. The summed E-state index contributed by atoms with van der Waals surface area (Å²) in [6.07, 6.45) is 3.00. The lowest BCUT2D eigenvalue weighted by Gasteiger charge is -2.03. The molecule has 0 heterocycles. The van der Waals surface area contributed by atoms with Crippen molar-refractivity contribution in [2.24, 2.45) is 0 Å². The summed E-state index contributed by atoms with van der Waals surface area (Å²) in [7, 11) is 1.70. The van der Waals surface area contributed by atoms with Crippen LogP contribution in [0, 0.1) is 0 Å². The van der Waals surface area contributed by atoms with Gasteiger partial charge >= 0.3 is 0 Å². The first-order valence-electron chi connectivity index (χ1n) is 3.04. The van der Waals surface area contributed by atoms with E-state index in [2.05, 4.69) is 0 Å². The van der Waals surface area contributed by atoms with Crippen LogP contribution in [0.25, 0.3) is 0 Å². The van der Waals surface area contributed by atoms with E-state index in [1.807, 2.05) is 0 Å². The van der Waals surface area contributed by atoms with E-state index in [0.717, 1.165) is 19.3 Å². The molecule has 0 aromatic carbocycles. The second-order valence-corrected chi connectivity index (χ2v) is 2.32. The Morgan fingerprint density at radius 2 is 2.25 bits per heavy atom. The molecule has 1 saturated carbocycles. The fraction of sp³-hybridized carbons (Fsp3) is 1.00. The van der Waals surface area contributed by atoms with Gasteiger partial charge in [0.15, 0.2) is 0 Å². The quantitative estimate of drug-likeness (QED) is 0.542. The molecule has 0 aromatic heterocycles. The van der Waals surface area contributed by atoms with Gasteiger partial charge in [-0.1, -0.05) is 0 Å². The highest BCUT2D eigenvalue weighted by molar-refractivity contribution is 4.73. The molecular formula is C6H12O2. The molecule has 1 aliphatic carbocycles. The van der Waals surface area contributed by atoms with Gasteiger partial charge in [0.1, 0.15) is 0 Å². The molecule has 8 heavy (non-hydrogen) atoms. The van der Waals surface area contributed by atoms with E-state index in [9.17, 15) is 0 Å². The average Bonchev–Trinajstić information content (AvgIpc) is 2.14. The van der Waals surface area contributed by atoms with Crippen LogP contribution in [0.3, 0.4) is 0 Å². The largest absolute Gasteiger partial charge is 0.393 e. The number of aliphatic hydroxyl groups is 1. The molecule has 48 valence electrons. The van der Waals surface area contributed by atoms with Crippen molar-refractivity contribution in [3.8, 4) is 0 Å². The number of hydrogen-bond acceptors (Lipinski definition) is 2. The number of aliphatic hydroxyl groups excluding tert-OH is 1. The minimum Gasteiger partial charge on any atom is -0.393 e. The first-order chi connectivity index (χ1) is 3.83. The molecule has 0 aliphatic heterocycles. The molecular weight excluding hydrogens is 104 g/mol. The number of hydrogen-bond donors (Lipinski definition) is 1. The third-order valence-electron chi connectivity index (χ3n) is 1.69. The Balaban J connectivity index is 2.22. The van der Waals surface area contributed by atoms with Crippen LogP contribution in [0.5, 0.6) is 0 Å². The molecule has 1 rings (SSSR count). The third-order valence-corrected chi connectivity index (χ3v) is 1.69. The number of methoxy groups -OCH3 is 1. The molecule has 2 nitrogen and oxygen atoms in total. The molecule has 2 heteroatoms. The van der Waals surface area contributed by atoms with Crippen molar-refractivity contribution in [3.05, 3.63) is 0 Å². The topological polar surface area (TPSA) is 29.5 Å². The number of rotatable bonds is 1. The van der Waals surface area contributed by atoms with Crippen molar-refractivity contribution in [1.29, 1.82) is 0 Å². The highest BCUT2D eigenvalue weighted by Gasteiger charge is 2.21. The van der Waals surface area contributed by atoms with Crippen molar-refractivity contribution in [3.63, 3.8) is 0 Å². The molecule has 1 N–H and O–H groups in total. The van der Waals surface area contributed by atoms with Crippen LogP contribution in [0.1, 0.15) is 19.3 Å². The van der Waals surface area contributed by atoms with Crippen LogP contribution in [0.4, 0.5) is 0 Å². The summed E-state index contributed by atoms with van der Waals surface area (Å²) in [6.45, 7) is 0. The van der Waals surface area contributed by atoms with Crippen molar-refractivity contribution in [2.75, 3.05) is 7.11 Å². The van der Waals surface area contributed by atoms with Gasteiger partial charge in [0.2, 0.25) is 0 Å². The molecule has 0 aromatic rings. The summed E-state index contributed by atoms with van der Waals surface area (Å²) in [5.41, 5.74) is 0. The van der Waals surface area contributed by atoms with Crippen molar-refractivity contribution < 1.29 is 9.84 Å². The first kappa shape index (κ1) is 6.05. The number of ether oxygens (including phenoxy) is 1. The van der Waals surface area contributed by atoms with Crippen LogP contribution in [-0.2, 0) is 4.74 Å². The van der Waals surface area contributed by atoms with E-state index < -0.39 is 0 Å². The molecule has 0 saturated heterocycles. The van der Waals surface area contributed by atoms with Gasteiger partial charge in [0, 0.05) is 7.11 Å². The summed E-state index contributed by atoms with van der Waals surface area (Å²) in [4.78, 5) is 0. The summed E-state index contributed by atoms with van der Waals surface area (Å²) >= 11 is 0. The van der Waals surface area contributed by atoms with Crippen molar-refractivity contribution in [1.82, 2.24) is 0 Å². The molecule has 2 atom stereocenters. The Morgan fingerprint density at radius 3 is 2.50 bits per heavy atom. The Hall–Kier alpha value is -0.0800. The second kappa shape index (κ2) is 2.46. The zero-order valence-electron chi connectivity index (χ0n) is 5.13. The van der Waals surface area contributed by atoms with Crippen molar-refractivity contribution in [2.45, 2.75) is 31.5 Å². The lowest BCUT2D eigenvalue weighted by Crippen LogP contribution is -2.06. The highest BCUT2D eigenvalue weighted by atomic mass is 16.5. The zero-order chi connectivity index (χ0) is 5.98. The molecule has 0 unspecified atom stereocenters. The predicted octanol–water partition coefficient (Wildman–Crippen LogP) is 0.546. The van der Waals surface area contributed by atoms with Crippen LogP contribution in [0.2, 0.25) is 0 Å². The van der Waals surface area contributed by atoms with E-state index in [0.29, 0.717) is 6.10 Å². The van der Waals surface area contributed by atoms with E-state index in [1.54, 1.807) is 7.11 Å². The van der Waals surface area contributed by atoms with Crippen LogP contribution >= 0.6 is 0 Å². The van der Waals surface area contributed by atoms with E-state index >= 15 is 0 Å². The molecule has 0 radical (unpaired) electrons. The Bertz CT molecular complexity index is 72.9. The van der Waals surface area contributed by atoms with Gasteiger partial charge in [0.25, 0.3) is 0 Å². The monoisotopic (exact) mass is 116 g/mol. The molecule has 1 fully saturated rings. The van der Waals surface area contributed by atoms with Crippen LogP contribution < -0.4 is 0 Å². The highest BCUT2D eigenvalue weighted by Crippen LogP contribution is 2.20. The maximum Gasteiger partial charge on any atom is 0.0596 e. The van der Waals surface area contributed by atoms with Crippen LogP contribution in [0.15, 0.2) is 0 Å². The van der Waals surface area contributed by atoms with Crippen LogP contribution in [-0.4, -0.2) is 24.4 Å². The Morgan fingerprint density at radius 1 is 1.50 bits per heavy atom. The normalized spacial score (nSPS) is 38.2. The van der Waals surface area contributed by atoms with Gasteiger partial charge in [-0.3, -0.25) is 0 Å². The Kier molecular flexibility index (Phi) is 1.86. The summed E-state index contributed by atoms with van der Waals surface area (Å²) in [6, 6.07) is 0. The SMILES string of the molecule is CO[C@H]1CC[C@H](O)C1. The van der Waals surface area contributed by atoms with Gasteiger partial charge < -0.3 is 9.84 Å². The maximum absolute atomic E-state index is 8.95. The second-order valence-electron chi connectivity index (χ2n) is 2.32. The smallest absolute Gasteiger partial charge is 0.0596 e. The maximum atomic E-state index is 8.95. The first-order valence-corrected chi connectivity index (χ1v) is 3.04. The fourth-order valence-corrected chi connectivity index (χ4v) is 1.13. The molecule has 0 amide bonds.